The molecule has 0 bridgehead atoms. The van der Waals surface area contributed by atoms with Crippen LogP contribution in [0.2, 0.25) is 0 Å². The van der Waals surface area contributed by atoms with Gasteiger partial charge in [0.2, 0.25) is 59.1 Å². The monoisotopic (exact) mass is 1180 g/mol. The van der Waals surface area contributed by atoms with Gasteiger partial charge in [-0.05, 0) is 87.1 Å². The number of H-pyrrole nitrogens is 2. The summed E-state index contributed by atoms with van der Waals surface area (Å²) in [6.45, 7) is 4.05. The number of aliphatic hydroxyl groups is 1. The van der Waals surface area contributed by atoms with Gasteiger partial charge >= 0.3 is 0 Å². The third-order valence-corrected chi connectivity index (χ3v) is 14.5. The van der Waals surface area contributed by atoms with Gasteiger partial charge in [0.1, 0.15) is 54.1 Å². The molecule has 6 rings (SSSR count). The average molecular weight is 1180 g/mol. The van der Waals surface area contributed by atoms with Gasteiger partial charge in [0, 0.05) is 74.3 Å². The van der Waals surface area contributed by atoms with Crippen LogP contribution in [0.5, 0.6) is 5.75 Å². The third-order valence-electron chi connectivity index (χ3n) is 14.5. The molecule has 0 saturated carbocycles. The molecule has 85 heavy (non-hydrogen) atoms. The second-order valence-corrected chi connectivity index (χ2v) is 21.7. The molecule has 8 atom stereocenters. The number of hydrogen-bond donors (Lipinski definition) is 15. The number of carbonyl (C=O) groups excluding carboxylic acids is 10. The quantitative estimate of drug-likeness (QED) is 0.0389. The van der Waals surface area contributed by atoms with Gasteiger partial charge in [0.05, 0.1) is 19.5 Å². The van der Waals surface area contributed by atoms with Crippen molar-refractivity contribution in [3.8, 4) is 5.75 Å². The summed E-state index contributed by atoms with van der Waals surface area (Å²) in [6, 6.07) is 2.20. The van der Waals surface area contributed by atoms with Gasteiger partial charge in [-0.3, -0.25) is 52.9 Å². The summed E-state index contributed by atoms with van der Waals surface area (Å²) < 4.78 is 0. The first kappa shape index (κ1) is 65.1. The highest BCUT2D eigenvalue weighted by Crippen LogP contribution is 2.22. The van der Waals surface area contributed by atoms with Crippen LogP contribution in [0.3, 0.4) is 0 Å². The number of para-hydroxylation sites is 1. The molecule has 4 heterocycles. The summed E-state index contributed by atoms with van der Waals surface area (Å²) in [6.07, 6.45) is 6.42. The Morgan fingerprint density at radius 1 is 0.682 bits per heavy atom. The fraction of sp³-hybridized carbons (Fsp3) is 0.509. The number of phenols is 1. The van der Waals surface area contributed by atoms with Gasteiger partial charge in [-0.2, -0.15) is 0 Å². The van der Waals surface area contributed by atoms with Crippen molar-refractivity contribution in [3.63, 3.8) is 0 Å². The van der Waals surface area contributed by atoms with Gasteiger partial charge in [-0.25, -0.2) is 4.98 Å². The zero-order chi connectivity index (χ0) is 61.6. The maximum Gasteiger partial charge on any atom is 0.245 e. The van der Waals surface area contributed by atoms with Crippen LogP contribution in [0.15, 0.2) is 72.2 Å². The number of hydrogen-bond acceptors (Lipinski definition) is 14. The summed E-state index contributed by atoms with van der Waals surface area (Å²) in [7, 11) is 0. The highest BCUT2D eigenvalue weighted by Gasteiger charge is 2.39. The summed E-state index contributed by atoms with van der Waals surface area (Å²) in [5, 5.41) is 45.5. The molecule has 2 saturated heterocycles. The molecule has 2 aromatic carbocycles. The number of amides is 10. The van der Waals surface area contributed by atoms with E-state index in [1.54, 1.807) is 12.3 Å². The fourth-order valence-corrected chi connectivity index (χ4v) is 9.99. The Morgan fingerprint density at radius 3 is 2.02 bits per heavy atom. The van der Waals surface area contributed by atoms with E-state index < -0.39 is 121 Å². The molecule has 0 aliphatic carbocycles. The molecule has 2 aromatic heterocycles. The summed E-state index contributed by atoms with van der Waals surface area (Å²) >= 11 is 0. The van der Waals surface area contributed by atoms with Crippen molar-refractivity contribution in [3.05, 3.63) is 84.1 Å². The van der Waals surface area contributed by atoms with Gasteiger partial charge in [-0.15, -0.1) is 0 Å². The van der Waals surface area contributed by atoms with Crippen molar-refractivity contribution in [1.82, 2.24) is 67.7 Å². The third kappa shape index (κ3) is 20.1. The summed E-state index contributed by atoms with van der Waals surface area (Å²) in [4.78, 5) is 156. The molecule has 2 aliphatic rings. The lowest BCUT2D eigenvalue weighted by molar-refractivity contribution is -0.142. The number of carbonyl (C=O) groups is 10. The molecule has 10 amide bonds. The van der Waals surface area contributed by atoms with Gasteiger partial charge in [-0.1, -0.05) is 50.6 Å². The number of aliphatic imine (C=N–C) groups is 1. The number of benzene rings is 2. The van der Waals surface area contributed by atoms with E-state index in [0.717, 1.165) is 10.9 Å². The standard InChI is InChI=1S/C57H80N16O12/c1-32(2)23-41-51(80)68-40(13-9-21-62-57(58)59)56(85)73-22-10-14-46(73)55(84)64-29-48(77)61-20-8-4-5-15-47(76)67-44(26-36-28-60-31-65-36)53(82)71-43(25-35-27-63-39-12-7-6-11-38(35)39)52(81)72-45(30-74)54(83)70-42(24-34-16-18-37(75)19-17-34)50(79)66-33(3)49(78)69-41/h6-7,11-12,16-19,27-28,31-33,40-46,63,74-75H,4-5,8-10,13-15,20-26,29-30H2,1-3H3,(H,60,65)(H,61,77)(H,64,84)(H,66,79)(H,67,76)(H,68,80)(H,69,78)(H,70,83)(H,71,82)(H,72,81)(H4,58,59,62)/t33-,40+,41+,42+,43+,44+,45+,46+/m1/s1. The number of nitrogens with two attached hydrogens (primary N) is 2. The second kappa shape index (κ2) is 32.1. The van der Waals surface area contributed by atoms with Crippen molar-refractivity contribution in [1.29, 1.82) is 0 Å². The van der Waals surface area contributed by atoms with Crippen molar-refractivity contribution < 1.29 is 58.2 Å². The van der Waals surface area contributed by atoms with Crippen molar-refractivity contribution >= 4 is 75.9 Å². The molecule has 0 spiro atoms. The number of aromatic amines is 2. The smallest absolute Gasteiger partial charge is 0.245 e. The number of aromatic nitrogens is 3. The first-order valence-electron chi connectivity index (χ1n) is 28.6. The van der Waals surface area contributed by atoms with Crippen molar-refractivity contribution in [2.24, 2.45) is 22.4 Å². The Kier molecular flexibility index (Phi) is 24.6. The number of nitrogens with one attached hydrogen (secondary N) is 11. The van der Waals surface area contributed by atoms with E-state index in [0.29, 0.717) is 42.5 Å². The molecule has 17 N–H and O–H groups in total. The van der Waals surface area contributed by atoms with Crippen LogP contribution in [0, 0.1) is 5.92 Å². The van der Waals surface area contributed by atoms with Crippen LogP contribution in [0.25, 0.3) is 10.9 Å². The van der Waals surface area contributed by atoms with E-state index in [1.165, 1.54) is 48.6 Å². The molecule has 460 valence electrons. The predicted molar refractivity (Wildman–Crippen MR) is 311 cm³/mol. The van der Waals surface area contributed by atoms with E-state index in [2.05, 4.69) is 67.8 Å². The Labute approximate surface area is 491 Å². The first-order valence-corrected chi connectivity index (χ1v) is 28.6. The largest absolute Gasteiger partial charge is 0.508 e. The molecular formula is C57H80N16O12. The molecule has 2 fully saturated rings. The number of aromatic hydroxyl groups is 1. The van der Waals surface area contributed by atoms with Crippen LogP contribution < -0.4 is 59.3 Å². The van der Waals surface area contributed by atoms with Gasteiger partial charge in [0.25, 0.3) is 0 Å². The summed E-state index contributed by atoms with van der Waals surface area (Å²) in [5.41, 5.74) is 13.3. The minimum atomic E-state index is -1.73. The second-order valence-electron chi connectivity index (χ2n) is 21.7. The van der Waals surface area contributed by atoms with Crippen LogP contribution in [-0.4, -0.2) is 176 Å². The van der Waals surface area contributed by atoms with Crippen LogP contribution >= 0.6 is 0 Å². The van der Waals surface area contributed by atoms with E-state index >= 15 is 0 Å². The highest BCUT2D eigenvalue weighted by molar-refractivity contribution is 5.99. The number of guanidine groups is 1. The maximum atomic E-state index is 14.5. The Balaban J connectivity index is 1.29. The molecule has 28 nitrogen and oxygen atoms in total. The van der Waals surface area contributed by atoms with Crippen molar-refractivity contribution in [2.45, 2.75) is 146 Å². The molecule has 0 radical (unpaired) electrons. The Hall–Kier alpha value is -9.08. The number of rotatable bonds is 13. The lowest BCUT2D eigenvalue weighted by Gasteiger charge is -2.30. The van der Waals surface area contributed by atoms with E-state index in [1.807, 2.05) is 32.0 Å². The van der Waals surface area contributed by atoms with Gasteiger partial charge in [0.15, 0.2) is 5.96 Å². The number of fused-ring (bicyclic) bond motifs is 2. The first-order chi connectivity index (χ1) is 40.7. The van der Waals surface area contributed by atoms with E-state index in [9.17, 15) is 58.2 Å². The molecule has 4 aromatic rings. The number of aliphatic hydroxyl groups excluding tert-OH is 1. The Morgan fingerprint density at radius 2 is 1.33 bits per heavy atom. The lowest BCUT2D eigenvalue weighted by atomic mass is 10.0. The SMILES string of the molecule is CC(C)C[C@@H]1NC(=O)[C@@H](C)NC(=O)[C@H](Cc2ccc(O)cc2)NC(=O)[C@H](CO)NC(=O)[C@H](Cc2c[nH]c3ccccc23)NC(=O)[C@H](Cc2cnc[nH]2)NC(=O)CCCCCNC(=O)CNC(=O)[C@@H]2CCCN2C(=O)[C@H](CCCN=C(N)N)NC1=O. The van der Waals surface area contributed by atoms with Crippen LogP contribution in [0.4, 0.5) is 0 Å². The zero-order valence-electron chi connectivity index (χ0n) is 48.0. The highest BCUT2D eigenvalue weighted by atomic mass is 16.3. The van der Waals surface area contributed by atoms with E-state index in [4.69, 9.17) is 11.5 Å². The molecule has 0 unspecified atom stereocenters. The van der Waals surface area contributed by atoms with Crippen LogP contribution in [-0.2, 0) is 67.2 Å². The number of nitrogens with zero attached hydrogens (tertiary/aromatic N) is 3. The number of phenolic OH excluding ortho intramolecular Hbond substituents is 1. The van der Waals surface area contributed by atoms with Crippen molar-refractivity contribution in [2.75, 3.05) is 32.8 Å². The molecular weight excluding hydrogens is 1100 g/mol. The molecule has 2 aliphatic heterocycles. The minimum Gasteiger partial charge on any atom is -0.508 e. The topological polar surface area (TPSA) is 432 Å². The number of imidazole rings is 1. The van der Waals surface area contributed by atoms with Crippen LogP contribution in [0.1, 0.15) is 95.4 Å². The average Bonchev–Trinajstić information content (AvgIpc) is 4.50. The summed E-state index contributed by atoms with van der Waals surface area (Å²) in [5.74, 6) is -7.83. The maximum absolute atomic E-state index is 14.5. The Bertz CT molecular complexity index is 2980. The molecule has 28 heteroatoms. The fourth-order valence-electron chi connectivity index (χ4n) is 9.99. The lowest BCUT2D eigenvalue weighted by Crippen LogP contribution is -2.61. The van der Waals surface area contributed by atoms with Gasteiger partial charge < -0.3 is 84.4 Å². The minimum absolute atomic E-state index is 0.0167. The predicted octanol–water partition coefficient (Wildman–Crippen LogP) is -2.07. The normalized spacial score (nSPS) is 23.8. The zero-order valence-corrected chi connectivity index (χ0v) is 48.0. The van der Waals surface area contributed by atoms with E-state index in [-0.39, 0.29) is 88.6 Å².